The van der Waals surface area contributed by atoms with E-state index in [-0.39, 0.29) is 0 Å². The first-order chi connectivity index (χ1) is 7.94. The van der Waals surface area contributed by atoms with Gasteiger partial charge in [-0.15, -0.1) is 0 Å². The zero-order chi connectivity index (χ0) is 12.5. The van der Waals surface area contributed by atoms with E-state index in [4.69, 9.17) is 5.73 Å². The lowest BCUT2D eigenvalue weighted by molar-refractivity contribution is 0.329. The molecule has 1 heteroatoms. The van der Waals surface area contributed by atoms with Crippen LogP contribution in [0.4, 0.5) is 0 Å². The Kier molecular flexibility index (Phi) is 3.31. The summed E-state index contributed by atoms with van der Waals surface area (Å²) in [5, 5.41) is 0. The van der Waals surface area contributed by atoms with Crippen LogP contribution in [0.25, 0.3) is 0 Å². The molecule has 1 aliphatic carbocycles. The van der Waals surface area contributed by atoms with Gasteiger partial charge in [-0.3, -0.25) is 0 Å². The van der Waals surface area contributed by atoms with Crippen molar-refractivity contribution in [1.29, 1.82) is 0 Å². The van der Waals surface area contributed by atoms with E-state index in [1.807, 2.05) is 0 Å². The summed E-state index contributed by atoms with van der Waals surface area (Å²) in [6.45, 7) is 6.88. The zero-order valence-corrected chi connectivity index (χ0v) is 11.4. The first kappa shape index (κ1) is 12.6. The maximum Gasteiger partial charge on any atom is 0.0136 e. The van der Waals surface area contributed by atoms with Crippen molar-refractivity contribution in [3.05, 3.63) is 35.9 Å². The lowest BCUT2D eigenvalue weighted by atomic mass is 9.81. The van der Waals surface area contributed by atoms with Crippen LogP contribution in [0, 0.1) is 5.41 Å². The Labute approximate surface area is 105 Å². The molecule has 1 nitrogen and oxygen atoms in total. The van der Waals surface area contributed by atoms with Crippen LogP contribution in [0.5, 0.6) is 0 Å². The molecule has 1 aromatic rings. The van der Waals surface area contributed by atoms with Gasteiger partial charge >= 0.3 is 0 Å². The van der Waals surface area contributed by atoms with E-state index in [9.17, 15) is 0 Å². The van der Waals surface area contributed by atoms with E-state index >= 15 is 0 Å². The van der Waals surface area contributed by atoms with E-state index in [0.29, 0.717) is 16.9 Å². The molecule has 0 radical (unpaired) electrons. The standard InChI is InChI=1S/C16H25N/c1-15(2,3)10-9-14(17)16(11-12-16)13-7-5-4-6-8-13/h4-8,14H,9-12,17H2,1-3H3. The van der Waals surface area contributed by atoms with Crippen LogP contribution in [-0.4, -0.2) is 6.04 Å². The molecule has 2 rings (SSSR count). The van der Waals surface area contributed by atoms with E-state index < -0.39 is 0 Å². The van der Waals surface area contributed by atoms with Gasteiger partial charge in [0.25, 0.3) is 0 Å². The lowest BCUT2D eigenvalue weighted by Gasteiger charge is -2.27. The average Bonchev–Trinajstić information content (AvgIpc) is 3.07. The first-order valence-corrected chi connectivity index (χ1v) is 6.75. The second-order valence-corrected chi connectivity index (χ2v) is 6.73. The molecule has 1 atom stereocenters. The molecule has 1 aromatic carbocycles. The third-order valence-electron chi connectivity index (χ3n) is 4.05. The molecule has 1 saturated carbocycles. The Hall–Kier alpha value is -0.820. The highest BCUT2D eigenvalue weighted by Gasteiger charge is 2.48. The highest BCUT2D eigenvalue weighted by Crippen LogP contribution is 2.51. The predicted molar refractivity (Wildman–Crippen MR) is 74.0 cm³/mol. The molecule has 0 heterocycles. The van der Waals surface area contributed by atoms with Crippen LogP contribution in [0.3, 0.4) is 0 Å². The van der Waals surface area contributed by atoms with Crippen LogP contribution < -0.4 is 5.73 Å². The Morgan fingerprint density at radius 2 is 1.76 bits per heavy atom. The van der Waals surface area contributed by atoms with Gasteiger partial charge in [0.1, 0.15) is 0 Å². The van der Waals surface area contributed by atoms with Crippen molar-refractivity contribution in [2.75, 3.05) is 0 Å². The van der Waals surface area contributed by atoms with Crippen molar-refractivity contribution in [2.45, 2.75) is 57.9 Å². The minimum absolute atomic E-state index is 0.298. The average molecular weight is 231 g/mol. The quantitative estimate of drug-likeness (QED) is 0.836. The van der Waals surface area contributed by atoms with Crippen molar-refractivity contribution in [2.24, 2.45) is 11.1 Å². The highest BCUT2D eigenvalue weighted by atomic mass is 14.7. The SMILES string of the molecule is CC(C)(C)CCC(N)C1(c2ccccc2)CC1. The summed E-state index contributed by atoms with van der Waals surface area (Å²) < 4.78 is 0. The summed E-state index contributed by atoms with van der Waals surface area (Å²) in [7, 11) is 0. The molecule has 1 fully saturated rings. The Morgan fingerprint density at radius 1 is 1.18 bits per heavy atom. The van der Waals surface area contributed by atoms with Crippen molar-refractivity contribution in [1.82, 2.24) is 0 Å². The van der Waals surface area contributed by atoms with Crippen LogP contribution in [-0.2, 0) is 5.41 Å². The summed E-state index contributed by atoms with van der Waals surface area (Å²) in [5.41, 5.74) is 8.59. The molecule has 0 amide bonds. The van der Waals surface area contributed by atoms with Crippen LogP contribution >= 0.6 is 0 Å². The Bertz CT molecular complexity index is 357. The second-order valence-electron chi connectivity index (χ2n) is 6.73. The summed E-state index contributed by atoms with van der Waals surface area (Å²) >= 11 is 0. The number of hydrogen-bond acceptors (Lipinski definition) is 1. The monoisotopic (exact) mass is 231 g/mol. The highest BCUT2D eigenvalue weighted by molar-refractivity contribution is 5.33. The molecule has 0 aromatic heterocycles. The van der Waals surface area contributed by atoms with Gasteiger partial charge in [-0.1, -0.05) is 51.1 Å². The summed E-state index contributed by atoms with van der Waals surface area (Å²) in [4.78, 5) is 0. The van der Waals surface area contributed by atoms with Crippen molar-refractivity contribution in [3.63, 3.8) is 0 Å². The minimum Gasteiger partial charge on any atom is -0.327 e. The molecule has 0 bridgehead atoms. The van der Waals surface area contributed by atoms with Crippen molar-refractivity contribution < 1.29 is 0 Å². The molecule has 0 aliphatic heterocycles. The molecular formula is C16H25N. The van der Waals surface area contributed by atoms with E-state index in [2.05, 4.69) is 51.1 Å². The van der Waals surface area contributed by atoms with E-state index in [1.165, 1.54) is 24.8 Å². The fraction of sp³-hybridized carbons (Fsp3) is 0.625. The number of nitrogens with two attached hydrogens (primary N) is 1. The minimum atomic E-state index is 0.298. The fourth-order valence-corrected chi connectivity index (χ4v) is 2.64. The Morgan fingerprint density at radius 3 is 2.24 bits per heavy atom. The topological polar surface area (TPSA) is 26.0 Å². The summed E-state index contributed by atoms with van der Waals surface area (Å²) in [6, 6.07) is 11.1. The van der Waals surface area contributed by atoms with Gasteiger partial charge in [0.15, 0.2) is 0 Å². The van der Waals surface area contributed by atoms with Gasteiger partial charge in [0.05, 0.1) is 0 Å². The number of rotatable bonds is 4. The first-order valence-electron chi connectivity index (χ1n) is 6.75. The normalized spacial score (nSPS) is 20.0. The predicted octanol–water partition coefficient (Wildman–Crippen LogP) is 3.87. The van der Waals surface area contributed by atoms with Crippen molar-refractivity contribution >= 4 is 0 Å². The van der Waals surface area contributed by atoms with Crippen molar-refractivity contribution in [3.8, 4) is 0 Å². The van der Waals surface area contributed by atoms with Gasteiger partial charge in [-0.2, -0.15) is 0 Å². The maximum absolute atomic E-state index is 6.45. The second kappa shape index (κ2) is 4.45. The third-order valence-corrected chi connectivity index (χ3v) is 4.05. The number of benzene rings is 1. The van der Waals surface area contributed by atoms with Crippen LogP contribution in [0.15, 0.2) is 30.3 Å². The van der Waals surface area contributed by atoms with Gasteiger partial charge in [-0.25, -0.2) is 0 Å². The Balaban J connectivity index is 2.02. The lowest BCUT2D eigenvalue weighted by Crippen LogP contribution is -2.35. The third kappa shape index (κ3) is 2.90. The number of hydrogen-bond donors (Lipinski definition) is 1. The summed E-state index contributed by atoms with van der Waals surface area (Å²) in [6.07, 6.45) is 4.88. The maximum atomic E-state index is 6.45. The van der Waals surface area contributed by atoms with Gasteiger partial charge < -0.3 is 5.73 Å². The van der Waals surface area contributed by atoms with E-state index in [1.54, 1.807) is 0 Å². The van der Waals surface area contributed by atoms with Crippen LogP contribution in [0.2, 0.25) is 0 Å². The molecule has 1 aliphatic rings. The molecule has 0 spiro atoms. The van der Waals surface area contributed by atoms with Crippen LogP contribution in [0.1, 0.15) is 52.0 Å². The van der Waals surface area contributed by atoms with E-state index in [0.717, 1.165) is 6.42 Å². The fourth-order valence-electron chi connectivity index (χ4n) is 2.64. The molecule has 2 N–H and O–H groups in total. The van der Waals surface area contributed by atoms with Gasteiger partial charge in [0.2, 0.25) is 0 Å². The molecule has 0 saturated heterocycles. The smallest absolute Gasteiger partial charge is 0.0136 e. The molecule has 94 valence electrons. The van der Waals surface area contributed by atoms with Gasteiger partial charge in [-0.05, 0) is 36.7 Å². The van der Waals surface area contributed by atoms with Gasteiger partial charge in [0, 0.05) is 11.5 Å². The molecule has 1 unspecified atom stereocenters. The largest absolute Gasteiger partial charge is 0.327 e. The zero-order valence-electron chi connectivity index (χ0n) is 11.4. The molecule has 17 heavy (non-hydrogen) atoms. The summed E-state index contributed by atoms with van der Waals surface area (Å²) in [5.74, 6) is 0. The molecular weight excluding hydrogens is 206 g/mol.